The van der Waals surface area contributed by atoms with Gasteiger partial charge < -0.3 is 15.3 Å². The Morgan fingerprint density at radius 3 is 2.55 bits per heavy atom. The number of piperidine rings is 1. The zero-order chi connectivity index (χ0) is 15.4. The van der Waals surface area contributed by atoms with Crippen molar-refractivity contribution in [3.8, 4) is 0 Å². The molecule has 2 heterocycles. The summed E-state index contributed by atoms with van der Waals surface area (Å²) in [4.78, 5) is 16.1. The molecule has 0 spiro atoms. The van der Waals surface area contributed by atoms with E-state index < -0.39 is 5.97 Å². The van der Waals surface area contributed by atoms with Gasteiger partial charge in [0.2, 0.25) is 0 Å². The molecule has 120 valence electrons. The van der Waals surface area contributed by atoms with Crippen molar-refractivity contribution in [2.24, 2.45) is 5.92 Å². The van der Waals surface area contributed by atoms with Gasteiger partial charge >= 0.3 is 5.97 Å². The van der Waals surface area contributed by atoms with E-state index in [-0.39, 0.29) is 5.92 Å². The number of hydrogen-bond acceptors (Lipinski definition) is 4. The molecule has 0 amide bonds. The zero-order valence-electron chi connectivity index (χ0n) is 12.9. The molecule has 2 aliphatic heterocycles. The van der Waals surface area contributed by atoms with E-state index in [4.69, 9.17) is 0 Å². The first kappa shape index (κ1) is 15.3. The van der Waals surface area contributed by atoms with Crippen molar-refractivity contribution >= 4 is 11.7 Å². The van der Waals surface area contributed by atoms with Crippen molar-refractivity contribution < 1.29 is 9.90 Å². The molecule has 5 nitrogen and oxygen atoms in total. The number of carboxylic acid groups (broad SMARTS) is 1. The normalized spacial score (nSPS) is 24.9. The average Bonchev–Trinajstić information content (AvgIpc) is 2.82. The molecule has 1 aromatic carbocycles. The topological polar surface area (TPSA) is 55.8 Å². The maximum atomic E-state index is 11.3. The molecule has 3 rings (SSSR count). The number of carboxylic acids is 1. The third kappa shape index (κ3) is 3.59. The molecular weight excluding hydrogens is 278 g/mol. The van der Waals surface area contributed by atoms with Crippen LogP contribution < -0.4 is 10.2 Å². The Kier molecular flexibility index (Phi) is 4.95. The summed E-state index contributed by atoms with van der Waals surface area (Å²) < 4.78 is 0. The standard InChI is InChI=1S/C17H25N3O2/c21-17(22)14-12-18-8-11-20(13-14)16-6-9-19(10-7-16)15-4-2-1-3-5-15/h1-5,14,16,18H,6-13H2,(H,21,22)/t14-/m1/s1. The van der Waals surface area contributed by atoms with Crippen LogP contribution in [0.25, 0.3) is 0 Å². The molecule has 0 aliphatic carbocycles. The van der Waals surface area contributed by atoms with Crippen molar-refractivity contribution in [1.29, 1.82) is 0 Å². The fourth-order valence-electron chi connectivity index (χ4n) is 3.56. The molecule has 0 saturated carbocycles. The molecular formula is C17H25N3O2. The van der Waals surface area contributed by atoms with Gasteiger partial charge in [0.25, 0.3) is 0 Å². The summed E-state index contributed by atoms with van der Waals surface area (Å²) in [6.07, 6.45) is 2.22. The van der Waals surface area contributed by atoms with Gasteiger partial charge in [-0.2, -0.15) is 0 Å². The summed E-state index contributed by atoms with van der Waals surface area (Å²) >= 11 is 0. The third-order valence-electron chi connectivity index (χ3n) is 4.87. The van der Waals surface area contributed by atoms with Gasteiger partial charge in [-0.3, -0.25) is 9.69 Å². The van der Waals surface area contributed by atoms with Crippen LogP contribution in [0.15, 0.2) is 30.3 Å². The van der Waals surface area contributed by atoms with E-state index in [9.17, 15) is 9.90 Å². The van der Waals surface area contributed by atoms with Gasteiger partial charge in [-0.1, -0.05) is 18.2 Å². The van der Waals surface area contributed by atoms with E-state index in [1.165, 1.54) is 5.69 Å². The maximum Gasteiger partial charge on any atom is 0.309 e. The maximum absolute atomic E-state index is 11.3. The zero-order valence-corrected chi connectivity index (χ0v) is 12.9. The van der Waals surface area contributed by atoms with Crippen molar-refractivity contribution in [2.75, 3.05) is 44.2 Å². The molecule has 0 aromatic heterocycles. The number of nitrogens with one attached hydrogen (secondary N) is 1. The van der Waals surface area contributed by atoms with Gasteiger partial charge in [-0.25, -0.2) is 0 Å². The quantitative estimate of drug-likeness (QED) is 0.880. The van der Waals surface area contributed by atoms with E-state index in [2.05, 4.69) is 39.4 Å². The fraction of sp³-hybridized carbons (Fsp3) is 0.588. The first-order chi connectivity index (χ1) is 10.7. The second-order valence-corrected chi connectivity index (χ2v) is 6.29. The van der Waals surface area contributed by atoms with Gasteiger partial charge in [0.05, 0.1) is 5.92 Å². The van der Waals surface area contributed by atoms with Gasteiger partial charge in [0.1, 0.15) is 0 Å². The predicted molar refractivity (Wildman–Crippen MR) is 87.2 cm³/mol. The summed E-state index contributed by atoms with van der Waals surface area (Å²) in [5, 5.41) is 12.5. The Morgan fingerprint density at radius 2 is 1.86 bits per heavy atom. The molecule has 2 saturated heterocycles. The number of hydrogen-bond donors (Lipinski definition) is 2. The number of carbonyl (C=O) groups is 1. The molecule has 22 heavy (non-hydrogen) atoms. The van der Waals surface area contributed by atoms with Gasteiger partial charge in [-0.05, 0) is 25.0 Å². The van der Waals surface area contributed by atoms with Crippen LogP contribution in [0.4, 0.5) is 5.69 Å². The minimum Gasteiger partial charge on any atom is -0.481 e. The molecule has 5 heteroatoms. The van der Waals surface area contributed by atoms with Crippen LogP contribution in [0.2, 0.25) is 0 Å². The Balaban J connectivity index is 1.57. The molecule has 2 N–H and O–H groups in total. The van der Waals surface area contributed by atoms with Gasteiger partial charge in [0, 0.05) is 51.0 Å². The predicted octanol–water partition coefficient (Wildman–Crippen LogP) is 1.26. The first-order valence-electron chi connectivity index (χ1n) is 8.21. The van der Waals surface area contributed by atoms with E-state index in [1.807, 2.05) is 6.07 Å². The molecule has 1 atom stereocenters. The Bertz CT molecular complexity index is 486. The molecule has 0 unspecified atom stereocenters. The van der Waals surface area contributed by atoms with E-state index in [1.54, 1.807) is 0 Å². The minimum absolute atomic E-state index is 0.283. The SMILES string of the molecule is O=C(O)[C@@H]1CNCCN(C2CCN(c3ccccc3)CC2)C1. The molecule has 1 aromatic rings. The van der Waals surface area contributed by atoms with Crippen LogP contribution in [0.5, 0.6) is 0 Å². The Labute approximate surface area is 131 Å². The molecule has 0 radical (unpaired) electrons. The highest BCUT2D eigenvalue weighted by molar-refractivity contribution is 5.70. The average molecular weight is 303 g/mol. The fourth-order valence-corrected chi connectivity index (χ4v) is 3.56. The van der Waals surface area contributed by atoms with E-state index >= 15 is 0 Å². The van der Waals surface area contributed by atoms with Crippen LogP contribution >= 0.6 is 0 Å². The summed E-state index contributed by atoms with van der Waals surface area (Å²) in [6, 6.07) is 11.1. The summed E-state index contributed by atoms with van der Waals surface area (Å²) in [5.41, 5.74) is 1.29. The highest BCUT2D eigenvalue weighted by atomic mass is 16.4. The lowest BCUT2D eigenvalue weighted by atomic mass is 10.0. The number of rotatable bonds is 3. The minimum atomic E-state index is -0.680. The van der Waals surface area contributed by atoms with Crippen LogP contribution in [-0.4, -0.2) is 61.3 Å². The van der Waals surface area contributed by atoms with Crippen molar-refractivity contribution in [1.82, 2.24) is 10.2 Å². The lowest BCUT2D eigenvalue weighted by molar-refractivity contribution is -0.142. The first-order valence-corrected chi connectivity index (χ1v) is 8.21. The van der Waals surface area contributed by atoms with E-state index in [0.29, 0.717) is 19.1 Å². The monoisotopic (exact) mass is 303 g/mol. The molecule has 0 bridgehead atoms. The number of benzene rings is 1. The van der Waals surface area contributed by atoms with Gasteiger partial charge in [0.15, 0.2) is 0 Å². The number of anilines is 1. The van der Waals surface area contributed by atoms with Crippen molar-refractivity contribution in [2.45, 2.75) is 18.9 Å². The summed E-state index contributed by atoms with van der Waals surface area (Å²) in [7, 11) is 0. The number of nitrogens with zero attached hydrogens (tertiary/aromatic N) is 2. The highest BCUT2D eigenvalue weighted by Gasteiger charge is 2.30. The number of para-hydroxylation sites is 1. The molecule has 2 aliphatic rings. The lowest BCUT2D eigenvalue weighted by Crippen LogP contribution is -2.47. The van der Waals surface area contributed by atoms with E-state index in [0.717, 1.165) is 39.0 Å². The smallest absolute Gasteiger partial charge is 0.309 e. The second-order valence-electron chi connectivity index (χ2n) is 6.29. The Morgan fingerprint density at radius 1 is 1.14 bits per heavy atom. The third-order valence-corrected chi connectivity index (χ3v) is 4.87. The van der Waals surface area contributed by atoms with Crippen LogP contribution in [-0.2, 0) is 4.79 Å². The second kappa shape index (κ2) is 7.11. The van der Waals surface area contributed by atoms with Crippen molar-refractivity contribution in [3.63, 3.8) is 0 Å². The summed E-state index contributed by atoms with van der Waals surface area (Å²) in [5.74, 6) is -0.962. The lowest BCUT2D eigenvalue weighted by Gasteiger charge is -2.39. The van der Waals surface area contributed by atoms with Gasteiger partial charge in [-0.15, -0.1) is 0 Å². The Hall–Kier alpha value is -1.59. The molecule has 2 fully saturated rings. The summed E-state index contributed by atoms with van der Waals surface area (Å²) in [6.45, 7) is 5.22. The van der Waals surface area contributed by atoms with Crippen molar-refractivity contribution in [3.05, 3.63) is 30.3 Å². The van der Waals surface area contributed by atoms with Crippen LogP contribution in [0.3, 0.4) is 0 Å². The largest absolute Gasteiger partial charge is 0.481 e. The highest BCUT2D eigenvalue weighted by Crippen LogP contribution is 2.23. The van der Waals surface area contributed by atoms with Crippen LogP contribution in [0.1, 0.15) is 12.8 Å². The van der Waals surface area contributed by atoms with Crippen LogP contribution in [0, 0.1) is 5.92 Å². The number of aliphatic carboxylic acids is 1.